The van der Waals surface area contributed by atoms with Gasteiger partial charge in [-0.1, -0.05) is 39.0 Å². The van der Waals surface area contributed by atoms with Crippen LogP contribution in [0.4, 0.5) is 0 Å². The number of carbonyl (C=O) groups is 2. The van der Waals surface area contributed by atoms with E-state index in [1.807, 2.05) is 51.1 Å². The van der Waals surface area contributed by atoms with E-state index in [-0.39, 0.29) is 17.7 Å². The van der Waals surface area contributed by atoms with Gasteiger partial charge in [-0.2, -0.15) is 0 Å². The number of hydrogen-bond acceptors (Lipinski definition) is 6. The monoisotopic (exact) mass is 383 g/mol. The van der Waals surface area contributed by atoms with Crippen LogP contribution in [0.1, 0.15) is 27.2 Å². The molecule has 1 N–H and O–H groups in total. The summed E-state index contributed by atoms with van der Waals surface area (Å²) in [6.07, 6.45) is 0.988. The number of carbonyl (C=O) groups excluding carboxylic acids is 2. The standard InChI is InChI=1S/C19H29NO5S/c1-19(2,3)17(15-21)20-18(22)9-10-23-11-12-24-13-14-25-26-16-7-5-4-6-8-16/h4-8,15,17H,9-14H2,1-3H3,(H,20,22). The van der Waals surface area contributed by atoms with Crippen LogP contribution in [-0.4, -0.2) is 51.3 Å². The van der Waals surface area contributed by atoms with Gasteiger partial charge in [0.2, 0.25) is 5.91 Å². The van der Waals surface area contributed by atoms with Crippen molar-refractivity contribution in [2.75, 3.05) is 33.0 Å². The van der Waals surface area contributed by atoms with Crippen LogP contribution in [0.15, 0.2) is 35.2 Å². The third-order valence-corrected chi connectivity index (χ3v) is 4.19. The topological polar surface area (TPSA) is 73.9 Å². The largest absolute Gasteiger partial charge is 0.379 e. The molecule has 0 radical (unpaired) electrons. The molecule has 1 atom stereocenters. The van der Waals surface area contributed by atoms with Crippen LogP contribution in [0.2, 0.25) is 0 Å². The third kappa shape index (κ3) is 10.6. The zero-order valence-electron chi connectivity index (χ0n) is 15.7. The Labute approximate surface area is 160 Å². The molecule has 1 rings (SSSR count). The molecule has 1 unspecified atom stereocenters. The van der Waals surface area contributed by atoms with Crippen LogP contribution < -0.4 is 5.32 Å². The maximum atomic E-state index is 11.8. The Morgan fingerprint density at radius 2 is 1.69 bits per heavy atom. The highest BCUT2D eigenvalue weighted by molar-refractivity contribution is 7.94. The molecule has 1 amide bonds. The van der Waals surface area contributed by atoms with E-state index in [0.717, 1.165) is 11.2 Å². The van der Waals surface area contributed by atoms with Gasteiger partial charge in [-0.05, 0) is 17.5 Å². The van der Waals surface area contributed by atoms with E-state index in [0.29, 0.717) is 33.0 Å². The average molecular weight is 384 g/mol. The second-order valence-electron chi connectivity index (χ2n) is 6.74. The summed E-state index contributed by atoms with van der Waals surface area (Å²) in [5, 5.41) is 2.71. The molecule has 0 bridgehead atoms. The predicted octanol–water partition coefficient (Wildman–Crippen LogP) is 2.86. The van der Waals surface area contributed by atoms with Gasteiger partial charge in [0.05, 0.1) is 39.1 Å². The van der Waals surface area contributed by atoms with Crippen LogP contribution in [0.5, 0.6) is 0 Å². The first-order valence-corrected chi connectivity index (χ1v) is 9.42. The third-order valence-electron chi connectivity index (χ3n) is 3.44. The van der Waals surface area contributed by atoms with E-state index in [1.54, 1.807) is 0 Å². The molecule has 0 saturated carbocycles. The maximum absolute atomic E-state index is 11.8. The zero-order valence-corrected chi connectivity index (χ0v) is 16.6. The van der Waals surface area contributed by atoms with E-state index < -0.39 is 6.04 Å². The SMILES string of the molecule is CC(C)(C)C(C=O)NC(=O)CCOCCOCCOSc1ccccc1. The normalized spacial score (nSPS) is 12.6. The summed E-state index contributed by atoms with van der Waals surface area (Å²) in [5.74, 6) is -0.190. The maximum Gasteiger partial charge on any atom is 0.222 e. The summed E-state index contributed by atoms with van der Waals surface area (Å²) >= 11 is 1.32. The molecule has 1 aromatic rings. The quantitative estimate of drug-likeness (QED) is 0.321. The van der Waals surface area contributed by atoms with Crippen molar-refractivity contribution in [2.45, 2.75) is 38.1 Å². The van der Waals surface area contributed by atoms with Gasteiger partial charge >= 0.3 is 0 Å². The number of aldehydes is 1. The van der Waals surface area contributed by atoms with Crippen LogP contribution in [0, 0.1) is 5.41 Å². The van der Waals surface area contributed by atoms with Gasteiger partial charge in [0.25, 0.3) is 0 Å². The van der Waals surface area contributed by atoms with Gasteiger partial charge in [0, 0.05) is 23.4 Å². The number of hydrogen-bond donors (Lipinski definition) is 1. The van der Waals surface area contributed by atoms with E-state index in [9.17, 15) is 9.59 Å². The fraction of sp³-hybridized carbons (Fsp3) is 0.579. The molecule has 26 heavy (non-hydrogen) atoms. The molecule has 0 aliphatic carbocycles. The second-order valence-corrected chi connectivity index (χ2v) is 7.61. The van der Waals surface area contributed by atoms with E-state index in [4.69, 9.17) is 13.7 Å². The summed E-state index contributed by atoms with van der Waals surface area (Å²) in [5.41, 5.74) is -0.299. The Kier molecular flexibility index (Phi) is 11.2. The Morgan fingerprint density at radius 1 is 1.08 bits per heavy atom. The molecule has 0 heterocycles. The minimum absolute atomic E-state index is 0.190. The molecule has 1 aromatic carbocycles. The lowest BCUT2D eigenvalue weighted by atomic mass is 9.87. The highest BCUT2D eigenvalue weighted by Crippen LogP contribution is 2.18. The van der Waals surface area contributed by atoms with E-state index in [2.05, 4.69) is 5.32 Å². The highest BCUT2D eigenvalue weighted by Gasteiger charge is 2.25. The summed E-state index contributed by atoms with van der Waals surface area (Å²) in [6, 6.07) is 9.35. The molecular weight excluding hydrogens is 354 g/mol. The fourth-order valence-electron chi connectivity index (χ4n) is 1.87. The minimum atomic E-state index is -0.493. The van der Waals surface area contributed by atoms with Gasteiger partial charge in [0.1, 0.15) is 6.29 Å². The van der Waals surface area contributed by atoms with Gasteiger partial charge in [-0.15, -0.1) is 0 Å². The molecule has 146 valence electrons. The van der Waals surface area contributed by atoms with Gasteiger partial charge in [-0.3, -0.25) is 4.79 Å². The molecule has 6 nitrogen and oxygen atoms in total. The number of nitrogens with one attached hydrogen (secondary N) is 1. The summed E-state index contributed by atoms with van der Waals surface area (Å²) in [4.78, 5) is 23.9. The van der Waals surface area contributed by atoms with Crippen molar-refractivity contribution in [3.63, 3.8) is 0 Å². The summed E-state index contributed by atoms with van der Waals surface area (Å²) in [7, 11) is 0. The number of benzene rings is 1. The smallest absolute Gasteiger partial charge is 0.222 e. The molecular formula is C19H29NO5S. The molecule has 0 fully saturated rings. The second kappa shape index (κ2) is 12.9. The highest BCUT2D eigenvalue weighted by atomic mass is 32.2. The first-order chi connectivity index (χ1) is 12.4. The Balaban J connectivity index is 1.94. The molecule has 7 heteroatoms. The lowest BCUT2D eigenvalue weighted by Crippen LogP contribution is -2.45. The van der Waals surface area contributed by atoms with Crippen LogP contribution >= 0.6 is 12.0 Å². The number of rotatable bonds is 13. The van der Waals surface area contributed by atoms with Crippen molar-refractivity contribution in [2.24, 2.45) is 5.41 Å². The number of ether oxygens (including phenoxy) is 2. The van der Waals surface area contributed by atoms with E-state index >= 15 is 0 Å². The predicted molar refractivity (Wildman–Crippen MR) is 102 cm³/mol. The summed E-state index contributed by atoms with van der Waals surface area (Å²) in [6.45, 7) is 7.84. The lowest BCUT2D eigenvalue weighted by molar-refractivity contribution is -0.126. The van der Waals surface area contributed by atoms with Crippen molar-refractivity contribution in [3.05, 3.63) is 30.3 Å². The summed E-state index contributed by atoms with van der Waals surface area (Å²) < 4.78 is 16.2. The molecule has 0 aromatic heterocycles. The lowest BCUT2D eigenvalue weighted by Gasteiger charge is -2.26. The van der Waals surface area contributed by atoms with Crippen molar-refractivity contribution < 1.29 is 23.2 Å². The Bertz CT molecular complexity index is 518. The fourth-order valence-corrected chi connectivity index (χ4v) is 2.42. The van der Waals surface area contributed by atoms with Crippen LogP contribution in [-0.2, 0) is 23.2 Å². The molecule has 0 aliphatic rings. The average Bonchev–Trinajstić information content (AvgIpc) is 2.61. The Hall–Kier alpha value is -1.41. The van der Waals surface area contributed by atoms with Crippen molar-refractivity contribution in [1.82, 2.24) is 5.32 Å². The number of amides is 1. The first-order valence-electron chi connectivity index (χ1n) is 8.68. The molecule has 0 aliphatic heterocycles. The van der Waals surface area contributed by atoms with Crippen molar-refractivity contribution in [1.29, 1.82) is 0 Å². The molecule has 0 spiro atoms. The first kappa shape index (κ1) is 22.6. The van der Waals surface area contributed by atoms with Crippen LogP contribution in [0.3, 0.4) is 0 Å². The molecule has 0 saturated heterocycles. The van der Waals surface area contributed by atoms with Crippen molar-refractivity contribution >= 4 is 24.2 Å². The van der Waals surface area contributed by atoms with E-state index in [1.165, 1.54) is 12.0 Å². The van der Waals surface area contributed by atoms with Gasteiger partial charge in [0.15, 0.2) is 0 Å². The zero-order chi connectivity index (χ0) is 19.3. The van der Waals surface area contributed by atoms with Gasteiger partial charge in [-0.25, -0.2) is 0 Å². The minimum Gasteiger partial charge on any atom is -0.379 e. The van der Waals surface area contributed by atoms with Crippen LogP contribution in [0.25, 0.3) is 0 Å². The Morgan fingerprint density at radius 3 is 2.31 bits per heavy atom. The van der Waals surface area contributed by atoms with Gasteiger partial charge < -0.3 is 23.8 Å². The van der Waals surface area contributed by atoms with Crippen molar-refractivity contribution in [3.8, 4) is 0 Å².